The summed E-state index contributed by atoms with van der Waals surface area (Å²) in [5, 5.41) is 5.04. The van der Waals surface area contributed by atoms with Crippen LogP contribution in [0.5, 0.6) is 6.01 Å². The van der Waals surface area contributed by atoms with Crippen molar-refractivity contribution in [1.82, 2.24) is 29.8 Å². The number of fused-ring (bicyclic) bond motifs is 3. The molecule has 2 aliphatic heterocycles. The van der Waals surface area contributed by atoms with Crippen LogP contribution in [0.2, 0.25) is 0 Å². The molecule has 4 aliphatic rings. The number of amides is 4. The van der Waals surface area contributed by atoms with Crippen molar-refractivity contribution in [3.8, 4) is 6.01 Å². The SMILES string of the molecule is CC(C)(C)OC(=O)N[C@H]1CCCCC/C=C\[C@@H]2C[C@@]2(C(=O)NS(=O)(=O)C2CC2)NC(=O)[C@@H]2C[C@@H](Oc3nc4ccccc4n3Cc3ccccc3)CN2C1=O. The first-order chi connectivity index (χ1) is 26.2. The van der Waals surface area contributed by atoms with Crippen molar-refractivity contribution in [2.45, 2.75) is 120 Å². The maximum absolute atomic E-state index is 14.6. The minimum absolute atomic E-state index is 0.00342. The first-order valence-electron chi connectivity index (χ1n) is 19.2. The second-order valence-corrected chi connectivity index (χ2v) is 18.1. The summed E-state index contributed by atoms with van der Waals surface area (Å²) in [5.41, 5.74) is 0.300. The number of carbonyl (C=O) groups is 4. The smallest absolute Gasteiger partial charge is 0.408 e. The van der Waals surface area contributed by atoms with Crippen LogP contribution in [0.15, 0.2) is 66.7 Å². The molecule has 2 aliphatic carbocycles. The molecule has 3 aromatic rings. The summed E-state index contributed by atoms with van der Waals surface area (Å²) in [4.78, 5) is 62.0. The van der Waals surface area contributed by atoms with Crippen LogP contribution in [-0.4, -0.2) is 87.8 Å². The third-order valence-electron chi connectivity index (χ3n) is 10.6. The molecule has 294 valence electrons. The number of nitrogens with zero attached hydrogens (tertiary/aromatic N) is 3. The summed E-state index contributed by atoms with van der Waals surface area (Å²) < 4.78 is 42.0. The Balaban J connectivity index is 1.20. The number of hydrogen-bond donors (Lipinski definition) is 3. The molecule has 3 heterocycles. The van der Waals surface area contributed by atoms with E-state index < -0.39 is 74.3 Å². The highest BCUT2D eigenvalue weighted by molar-refractivity contribution is 7.91. The number of hydrogen-bond acceptors (Lipinski definition) is 9. The molecule has 3 fully saturated rings. The van der Waals surface area contributed by atoms with Gasteiger partial charge in [0, 0.05) is 12.3 Å². The number of allylic oxidation sites excluding steroid dienone is 1. The van der Waals surface area contributed by atoms with Crippen LogP contribution in [0.3, 0.4) is 0 Å². The number of alkyl carbamates (subject to hydrolysis) is 1. The summed E-state index contributed by atoms with van der Waals surface area (Å²) >= 11 is 0. The quantitative estimate of drug-likeness (QED) is 0.281. The van der Waals surface area contributed by atoms with Crippen molar-refractivity contribution >= 4 is 44.9 Å². The lowest BCUT2D eigenvalue weighted by Crippen LogP contribution is -2.58. The molecule has 2 aromatic carbocycles. The van der Waals surface area contributed by atoms with Crippen molar-refractivity contribution in [1.29, 1.82) is 0 Å². The van der Waals surface area contributed by atoms with E-state index in [0.717, 1.165) is 29.4 Å². The lowest BCUT2D eigenvalue weighted by molar-refractivity contribution is -0.141. The van der Waals surface area contributed by atoms with E-state index in [0.29, 0.717) is 44.7 Å². The lowest BCUT2D eigenvalue weighted by atomic mass is 10.0. The largest absolute Gasteiger partial charge is 0.459 e. The molecule has 2 saturated carbocycles. The zero-order valence-corrected chi connectivity index (χ0v) is 32.3. The first kappa shape index (κ1) is 38.4. The van der Waals surface area contributed by atoms with E-state index >= 15 is 0 Å². The highest BCUT2D eigenvalue weighted by atomic mass is 32.2. The van der Waals surface area contributed by atoms with E-state index in [4.69, 9.17) is 14.5 Å². The molecule has 55 heavy (non-hydrogen) atoms. The molecule has 4 amide bonds. The number of sulfonamides is 1. The highest BCUT2D eigenvalue weighted by Gasteiger charge is 2.62. The molecule has 15 heteroatoms. The number of imidazole rings is 1. The van der Waals surface area contributed by atoms with Gasteiger partial charge >= 0.3 is 6.09 Å². The number of para-hydroxylation sites is 2. The molecule has 0 unspecified atom stereocenters. The molecule has 1 aromatic heterocycles. The van der Waals surface area contributed by atoms with E-state index in [9.17, 15) is 27.6 Å². The second-order valence-electron chi connectivity index (χ2n) is 16.1. The molecule has 3 N–H and O–H groups in total. The van der Waals surface area contributed by atoms with Crippen molar-refractivity contribution < 1.29 is 37.1 Å². The standard InChI is InChI=1S/C40H50N6O8S/c1-39(2,3)54-38(50)42-31-18-11-6-4-5-10-16-27-23-40(27,36(49)44-55(51,52)29-20-21-29)43-34(47)33-22-28(25-45(33)35(31)48)53-37-41-30-17-12-13-19-32(30)46(37)24-26-14-8-7-9-15-26/h7-10,12-17,19,27-29,31,33H,4-6,11,18,20-25H2,1-3H3,(H,42,50)(H,43,47)(H,44,49)/b16-10-/t27-,28-,31+,33+,40-/m1/s1. The van der Waals surface area contributed by atoms with Crippen LogP contribution in [-0.2, 0) is 35.7 Å². The molecular formula is C40H50N6O8S. The van der Waals surface area contributed by atoms with Crippen molar-refractivity contribution in [2.75, 3.05) is 6.54 Å². The van der Waals surface area contributed by atoms with Crippen molar-refractivity contribution in [3.63, 3.8) is 0 Å². The van der Waals surface area contributed by atoms with Gasteiger partial charge in [0.25, 0.3) is 11.9 Å². The van der Waals surface area contributed by atoms with E-state index in [-0.39, 0.29) is 19.4 Å². The Hall–Kier alpha value is -4.92. The summed E-state index contributed by atoms with van der Waals surface area (Å²) in [6.45, 7) is 5.67. The van der Waals surface area contributed by atoms with Gasteiger partial charge in [-0.15, -0.1) is 0 Å². The van der Waals surface area contributed by atoms with Gasteiger partial charge in [-0.25, -0.2) is 13.2 Å². The Kier molecular flexibility index (Phi) is 10.7. The summed E-state index contributed by atoms with van der Waals surface area (Å²) in [5.74, 6) is -2.30. The van der Waals surface area contributed by atoms with Gasteiger partial charge in [0.15, 0.2) is 0 Å². The molecule has 14 nitrogen and oxygen atoms in total. The predicted molar refractivity (Wildman–Crippen MR) is 204 cm³/mol. The predicted octanol–water partition coefficient (Wildman–Crippen LogP) is 4.33. The zero-order valence-electron chi connectivity index (χ0n) is 31.5. The van der Waals surface area contributed by atoms with E-state index in [2.05, 4.69) is 15.4 Å². The van der Waals surface area contributed by atoms with Crippen LogP contribution in [0, 0.1) is 5.92 Å². The van der Waals surface area contributed by atoms with Crippen LogP contribution >= 0.6 is 0 Å². The van der Waals surface area contributed by atoms with E-state index in [1.165, 1.54) is 4.90 Å². The molecule has 0 bridgehead atoms. The number of aromatic nitrogens is 2. The number of nitrogens with one attached hydrogen (secondary N) is 3. The van der Waals surface area contributed by atoms with Gasteiger partial charge in [0.05, 0.1) is 29.4 Å². The average molecular weight is 775 g/mol. The minimum Gasteiger partial charge on any atom is -0.459 e. The van der Waals surface area contributed by atoms with Crippen LogP contribution < -0.4 is 20.1 Å². The third-order valence-corrected chi connectivity index (χ3v) is 12.4. The molecule has 5 atom stereocenters. The molecule has 1 saturated heterocycles. The zero-order chi connectivity index (χ0) is 39.0. The third kappa shape index (κ3) is 8.82. The van der Waals surface area contributed by atoms with Gasteiger partial charge in [-0.05, 0) is 77.0 Å². The van der Waals surface area contributed by atoms with Gasteiger partial charge in [-0.3, -0.25) is 23.7 Å². The van der Waals surface area contributed by atoms with E-state index in [1.54, 1.807) is 20.8 Å². The Morgan fingerprint density at radius 1 is 1.00 bits per heavy atom. The number of ether oxygens (including phenoxy) is 2. The maximum Gasteiger partial charge on any atom is 0.408 e. The van der Waals surface area contributed by atoms with Gasteiger partial charge in [0.1, 0.15) is 29.3 Å². The Bertz CT molecular complexity index is 2070. The van der Waals surface area contributed by atoms with Crippen LogP contribution in [0.25, 0.3) is 11.0 Å². The molecule has 0 radical (unpaired) electrons. The van der Waals surface area contributed by atoms with Gasteiger partial charge < -0.3 is 25.0 Å². The van der Waals surface area contributed by atoms with Crippen molar-refractivity contribution in [3.05, 3.63) is 72.3 Å². The number of carbonyl (C=O) groups excluding carboxylic acids is 4. The Labute approximate surface area is 321 Å². The van der Waals surface area contributed by atoms with Crippen molar-refractivity contribution in [2.24, 2.45) is 5.92 Å². The highest BCUT2D eigenvalue weighted by Crippen LogP contribution is 2.46. The summed E-state index contributed by atoms with van der Waals surface area (Å²) in [6.07, 6.45) is 6.82. The fraction of sp³-hybridized carbons (Fsp3) is 0.525. The van der Waals surface area contributed by atoms with Gasteiger partial charge in [-0.2, -0.15) is 4.98 Å². The van der Waals surface area contributed by atoms with Gasteiger partial charge in [0.2, 0.25) is 21.8 Å². The number of benzene rings is 2. The molecule has 0 spiro atoms. The Morgan fingerprint density at radius 2 is 1.75 bits per heavy atom. The average Bonchev–Trinajstić information content (AvgIpc) is 4.03. The summed E-state index contributed by atoms with van der Waals surface area (Å²) in [7, 11) is -3.89. The summed E-state index contributed by atoms with van der Waals surface area (Å²) in [6, 6.07) is 15.7. The monoisotopic (exact) mass is 774 g/mol. The maximum atomic E-state index is 14.6. The fourth-order valence-electron chi connectivity index (χ4n) is 7.51. The van der Waals surface area contributed by atoms with Crippen LogP contribution in [0.4, 0.5) is 4.79 Å². The first-order valence-corrected chi connectivity index (χ1v) is 20.8. The molecular weight excluding hydrogens is 725 g/mol. The number of rotatable bonds is 8. The topological polar surface area (TPSA) is 178 Å². The normalized spacial score (nSPS) is 26.8. The Morgan fingerprint density at radius 3 is 2.49 bits per heavy atom. The van der Waals surface area contributed by atoms with E-state index in [1.807, 2.05) is 71.3 Å². The molecule has 7 rings (SSSR count). The fourth-order valence-corrected chi connectivity index (χ4v) is 8.87. The minimum atomic E-state index is -3.89. The van der Waals surface area contributed by atoms with Gasteiger partial charge in [-0.1, -0.05) is 67.5 Å². The second kappa shape index (κ2) is 15.3. The lowest BCUT2D eigenvalue weighted by Gasteiger charge is -2.30. The van der Waals surface area contributed by atoms with Crippen LogP contribution in [0.1, 0.15) is 84.1 Å².